The van der Waals surface area contributed by atoms with Crippen LogP contribution >= 0.6 is 11.8 Å². The second-order valence-corrected chi connectivity index (χ2v) is 9.49. The van der Waals surface area contributed by atoms with Gasteiger partial charge in [0, 0.05) is 35.7 Å². The number of thioether (sulfide) groups is 1. The van der Waals surface area contributed by atoms with E-state index in [-0.39, 0.29) is 4.90 Å². The average Bonchev–Trinajstić information content (AvgIpc) is 3.20. The number of benzene rings is 2. The third kappa shape index (κ3) is 3.78. The monoisotopic (exact) mass is 401 g/mol. The molecule has 0 amide bonds. The highest BCUT2D eigenvalue weighted by Gasteiger charge is 2.26. The lowest BCUT2D eigenvalue weighted by Crippen LogP contribution is -2.37. The van der Waals surface area contributed by atoms with Crippen molar-refractivity contribution >= 4 is 21.8 Å². The molecule has 0 N–H and O–H groups in total. The molecule has 4 rings (SSSR count). The SMILES string of the molecule is Cc1ccc(-c2nnc(-c3cccc(S(=O)(=O)N4CCSCC4)c3)o2)cc1. The van der Waals surface area contributed by atoms with Gasteiger partial charge >= 0.3 is 0 Å². The predicted octanol–water partition coefficient (Wildman–Crippen LogP) is 3.45. The lowest BCUT2D eigenvalue weighted by atomic mass is 10.1. The molecule has 1 aliphatic rings. The smallest absolute Gasteiger partial charge is 0.248 e. The lowest BCUT2D eigenvalue weighted by molar-refractivity contribution is 0.443. The van der Waals surface area contributed by atoms with Crippen molar-refractivity contribution in [2.24, 2.45) is 0 Å². The first-order valence-corrected chi connectivity index (χ1v) is 11.2. The molecule has 0 radical (unpaired) electrons. The van der Waals surface area contributed by atoms with Gasteiger partial charge in [0.15, 0.2) is 0 Å². The molecule has 0 unspecified atom stereocenters. The van der Waals surface area contributed by atoms with E-state index in [9.17, 15) is 8.42 Å². The number of hydrogen-bond donors (Lipinski definition) is 0. The van der Waals surface area contributed by atoms with Crippen LogP contribution in [0.4, 0.5) is 0 Å². The molecule has 1 aromatic heterocycles. The van der Waals surface area contributed by atoms with Crippen LogP contribution in [0.3, 0.4) is 0 Å². The highest BCUT2D eigenvalue weighted by Crippen LogP contribution is 2.27. The van der Waals surface area contributed by atoms with Crippen LogP contribution in [0.15, 0.2) is 57.8 Å². The van der Waals surface area contributed by atoms with Crippen LogP contribution in [-0.2, 0) is 10.0 Å². The molecule has 0 saturated carbocycles. The van der Waals surface area contributed by atoms with Crippen LogP contribution in [0, 0.1) is 6.92 Å². The summed E-state index contributed by atoms with van der Waals surface area (Å²) in [6.45, 7) is 3.08. The molecule has 3 aromatic rings. The molecule has 0 spiro atoms. The standard InChI is InChI=1S/C19H19N3O3S2/c1-14-5-7-15(8-6-14)18-20-21-19(25-18)16-3-2-4-17(13-16)27(23,24)22-9-11-26-12-10-22/h2-8,13H,9-12H2,1H3. The van der Waals surface area contributed by atoms with Crippen molar-refractivity contribution in [3.05, 3.63) is 54.1 Å². The van der Waals surface area contributed by atoms with Gasteiger partial charge in [-0.2, -0.15) is 16.1 Å². The van der Waals surface area contributed by atoms with E-state index >= 15 is 0 Å². The maximum Gasteiger partial charge on any atom is 0.248 e. The molecule has 0 atom stereocenters. The second kappa shape index (κ2) is 7.46. The summed E-state index contributed by atoms with van der Waals surface area (Å²) in [5, 5.41) is 8.19. The molecular formula is C19H19N3O3S2. The van der Waals surface area contributed by atoms with E-state index in [0.29, 0.717) is 30.4 Å². The first-order chi connectivity index (χ1) is 13.0. The van der Waals surface area contributed by atoms with Crippen LogP contribution in [0.2, 0.25) is 0 Å². The van der Waals surface area contributed by atoms with Gasteiger partial charge in [-0.15, -0.1) is 10.2 Å². The average molecular weight is 402 g/mol. The number of aryl methyl sites for hydroxylation is 1. The topological polar surface area (TPSA) is 76.3 Å². The van der Waals surface area contributed by atoms with Crippen LogP contribution in [-0.4, -0.2) is 47.5 Å². The Hall–Kier alpha value is -2.16. The highest BCUT2D eigenvalue weighted by atomic mass is 32.2. The third-order valence-electron chi connectivity index (χ3n) is 4.41. The molecule has 2 heterocycles. The fourth-order valence-corrected chi connectivity index (χ4v) is 5.50. The van der Waals surface area contributed by atoms with Crippen molar-refractivity contribution in [2.75, 3.05) is 24.6 Å². The van der Waals surface area contributed by atoms with Crippen LogP contribution < -0.4 is 0 Å². The Bertz CT molecular complexity index is 1040. The molecule has 140 valence electrons. The van der Waals surface area contributed by atoms with Crippen molar-refractivity contribution in [1.82, 2.24) is 14.5 Å². The quantitative estimate of drug-likeness (QED) is 0.666. The largest absolute Gasteiger partial charge is 0.416 e. The molecule has 6 nitrogen and oxygen atoms in total. The minimum atomic E-state index is -3.51. The molecule has 0 bridgehead atoms. The Balaban J connectivity index is 1.64. The summed E-state index contributed by atoms with van der Waals surface area (Å²) in [7, 11) is -3.51. The van der Waals surface area contributed by atoms with Crippen LogP contribution in [0.5, 0.6) is 0 Å². The minimum Gasteiger partial charge on any atom is -0.416 e. The van der Waals surface area contributed by atoms with Crippen LogP contribution in [0.25, 0.3) is 22.9 Å². The first kappa shape index (κ1) is 18.2. The van der Waals surface area contributed by atoms with E-state index in [1.165, 1.54) is 4.31 Å². The van der Waals surface area contributed by atoms with Gasteiger partial charge < -0.3 is 4.42 Å². The van der Waals surface area contributed by atoms with Gasteiger partial charge in [-0.3, -0.25) is 0 Å². The molecule has 8 heteroatoms. The zero-order valence-corrected chi connectivity index (χ0v) is 16.5. The van der Waals surface area contributed by atoms with E-state index in [0.717, 1.165) is 22.6 Å². The molecule has 2 aromatic carbocycles. The Labute approximate surface area is 162 Å². The van der Waals surface area contributed by atoms with E-state index in [1.54, 1.807) is 36.0 Å². The molecule has 1 aliphatic heterocycles. The summed E-state index contributed by atoms with van der Waals surface area (Å²) in [5.41, 5.74) is 2.56. The maximum atomic E-state index is 12.9. The van der Waals surface area contributed by atoms with Gasteiger partial charge in [-0.05, 0) is 37.3 Å². The minimum absolute atomic E-state index is 0.252. The van der Waals surface area contributed by atoms with Gasteiger partial charge in [0.2, 0.25) is 21.8 Å². The summed E-state index contributed by atoms with van der Waals surface area (Å²) in [5.74, 6) is 2.36. The molecular weight excluding hydrogens is 382 g/mol. The van der Waals surface area contributed by atoms with Crippen molar-refractivity contribution in [3.8, 4) is 22.9 Å². The second-order valence-electron chi connectivity index (χ2n) is 6.32. The van der Waals surface area contributed by atoms with Crippen molar-refractivity contribution < 1.29 is 12.8 Å². The number of rotatable bonds is 4. The van der Waals surface area contributed by atoms with Gasteiger partial charge in [-0.25, -0.2) is 8.42 Å². The van der Waals surface area contributed by atoms with Crippen molar-refractivity contribution in [1.29, 1.82) is 0 Å². The Morgan fingerprint density at radius 3 is 2.33 bits per heavy atom. The molecule has 27 heavy (non-hydrogen) atoms. The van der Waals surface area contributed by atoms with Gasteiger partial charge in [0.1, 0.15) is 0 Å². The van der Waals surface area contributed by atoms with E-state index < -0.39 is 10.0 Å². The fraction of sp³-hybridized carbons (Fsp3) is 0.263. The normalized spacial score (nSPS) is 15.7. The molecule has 0 aliphatic carbocycles. The maximum absolute atomic E-state index is 12.9. The highest BCUT2D eigenvalue weighted by molar-refractivity contribution is 7.99. The third-order valence-corrected chi connectivity index (χ3v) is 7.25. The van der Waals surface area contributed by atoms with Gasteiger partial charge in [-0.1, -0.05) is 23.8 Å². The summed E-state index contributed by atoms with van der Waals surface area (Å²) >= 11 is 1.77. The molecule has 1 fully saturated rings. The summed E-state index contributed by atoms with van der Waals surface area (Å²) in [4.78, 5) is 0.252. The Kier molecular flexibility index (Phi) is 5.03. The number of hydrogen-bond acceptors (Lipinski definition) is 6. The van der Waals surface area contributed by atoms with Crippen molar-refractivity contribution in [3.63, 3.8) is 0 Å². The Morgan fingerprint density at radius 2 is 1.63 bits per heavy atom. The van der Waals surface area contributed by atoms with Gasteiger partial charge in [0.05, 0.1) is 4.90 Å². The summed E-state index contributed by atoms with van der Waals surface area (Å²) in [6, 6.07) is 14.5. The van der Waals surface area contributed by atoms with E-state index in [4.69, 9.17) is 4.42 Å². The number of sulfonamides is 1. The molecule has 1 saturated heterocycles. The summed E-state index contributed by atoms with van der Waals surface area (Å²) < 4.78 is 33.1. The van der Waals surface area contributed by atoms with Crippen LogP contribution in [0.1, 0.15) is 5.56 Å². The zero-order chi connectivity index (χ0) is 18.9. The summed E-state index contributed by atoms with van der Waals surface area (Å²) in [6.07, 6.45) is 0. The number of nitrogens with zero attached hydrogens (tertiary/aromatic N) is 3. The first-order valence-electron chi connectivity index (χ1n) is 8.63. The fourth-order valence-electron chi connectivity index (χ4n) is 2.88. The van der Waals surface area contributed by atoms with E-state index in [1.807, 2.05) is 31.2 Å². The zero-order valence-electron chi connectivity index (χ0n) is 14.8. The van der Waals surface area contributed by atoms with Gasteiger partial charge in [0.25, 0.3) is 0 Å². The predicted molar refractivity (Wildman–Crippen MR) is 106 cm³/mol. The van der Waals surface area contributed by atoms with E-state index in [2.05, 4.69) is 10.2 Å². The Morgan fingerprint density at radius 1 is 0.963 bits per heavy atom. The number of aromatic nitrogens is 2. The van der Waals surface area contributed by atoms with Crippen molar-refractivity contribution in [2.45, 2.75) is 11.8 Å². The lowest BCUT2D eigenvalue weighted by Gasteiger charge is -2.25.